The van der Waals surface area contributed by atoms with Gasteiger partial charge in [-0.3, -0.25) is 0 Å². The number of nitrogens with zero attached hydrogens (tertiary/aromatic N) is 1. The molecule has 0 unspecified atom stereocenters. The van der Waals surface area contributed by atoms with Gasteiger partial charge in [0.1, 0.15) is 0 Å². The summed E-state index contributed by atoms with van der Waals surface area (Å²) in [7, 11) is 0. The van der Waals surface area contributed by atoms with Crippen LogP contribution >= 0.6 is 22.9 Å². The summed E-state index contributed by atoms with van der Waals surface area (Å²) in [6.07, 6.45) is 0. The molecule has 0 bridgehead atoms. The van der Waals surface area contributed by atoms with Crippen LogP contribution in [0.5, 0.6) is 0 Å². The molecule has 2 aromatic rings. The highest BCUT2D eigenvalue weighted by atomic mass is 127. The largest absolute Gasteiger partial charge is 0.315 e. The molecule has 2 rings (SSSR count). The Morgan fingerprint density at radius 2 is 1.79 bits per heavy atom. The second kappa shape index (κ2) is 4.17. The van der Waals surface area contributed by atoms with Gasteiger partial charge in [0.05, 0.1) is 22.9 Å². The zero-order valence-electron chi connectivity index (χ0n) is 8.07. The Morgan fingerprint density at radius 1 is 1.07 bits per heavy atom. The quantitative estimate of drug-likeness (QED) is 0.598. The fraction of sp³-hybridized carbons (Fsp3) is 0.167. The smallest absolute Gasteiger partial charge is 0.0591 e. The summed E-state index contributed by atoms with van der Waals surface area (Å²) in [5, 5.41) is 2.61. The van der Waals surface area contributed by atoms with Gasteiger partial charge in [0.2, 0.25) is 0 Å². The maximum atomic E-state index is 2.34. The molecule has 0 N–H and O–H groups in total. The molecule has 0 heterocycles. The highest BCUT2D eigenvalue weighted by molar-refractivity contribution is 14.1. The molecule has 0 aliphatic rings. The maximum Gasteiger partial charge on any atom is 0.0591 e. The summed E-state index contributed by atoms with van der Waals surface area (Å²) in [5.41, 5.74) is 1.27. The van der Waals surface area contributed by atoms with Crippen molar-refractivity contribution in [2.75, 3.05) is 9.66 Å². The van der Waals surface area contributed by atoms with Crippen LogP contribution in [0.4, 0.5) is 5.69 Å². The van der Waals surface area contributed by atoms with Crippen molar-refractivity contribution in [2.45, 2.75) is 6.92 Å². The van der Waals surface area contributed by atoms with Gasteiger partial charge in [-0.05, 0) is 29.8 Å². The first-order valence-corrected chi connectivity index (χ1v) is 5.70. The van der Waals surface area contributed by atoms with Gasteiger partial charge in [0.25, 0.3) is 0 Å². The third-order valence-corrected chi connectivity index (χ3v) is 3.53. The van der Waals surface area contributed by atoms with Gasteiger partial charge in [-0.1, -0.05) is 30.3 Å². The molecular formula is C12H12IN. The van der Waals surface area contributed by atoms with Gasteiger partial charge in [-0.25, -0.2) is 0 Å². The first-order chi connectivity index (χ1) is 6.81. The average Bonchev–Trinajstić information content (AvgIpc) is 2.27. The van der Waals surface area contributed by atoms with E-state index in [-0.39, 0.29) is 0 Å². The zero-order chi connectivity index (χ0) is 9.97. The van der Waals surface area contributed by atoms with Crippen molar-refractivity contribution in [3.05, 3.63) is 42.5 Å². The van der Waals surface area contributed by atoms with E-state index in [9.17, 15) is 0 Å². The summed E-state index contributed by atoms with van der Waals surface area (Å²) in [4.78, 5) is 0. The third kappa shape index (κ3) is 1.85. The number of fused-ring (bicyclic) bond motifs is 1. The number of rotatable bonds is 2. The molecule has 2 aromatic carbocycles. The van der Waals surface area contributed by atoms with Crippen LogP contribution in [0.2, 0.25) is 0 Å². The van der Waals surface area contributed by atoms with E-state index in [2.05, 4.69) is 75.4 Å². The third-order valence-electron chi connectivity index (χ3n) is 2.29. The molecule has 0 fully saturated rings. The van der Waals surface area contributed by atoms with Crippen molar-refractivity contribution in [2.24, 2.45) is 0 Å². The molecule has 0 aliphatic heterocycles. The summed E-state index contributed by atoms with van der Waals surface area (Å²) < 4.78 is 2.21. The molecule has 2 heteroatoms. The molecule has 0 radical (unpaired) electrons. The van der Waals surface area contributed by atoms with E-state index >= 15 is 0 Å². The summed E-state index contributed by atoms with van der Waals surface area (Å²) >= 11 is 2.34. The van der Waals surface area contributed by atoms with Gasteiger partial charge in [0, 0.05) is 12.2 Å². The van der Waals surface area contributed by atoms with Crippen molar-refractivity contribution in [3.63, 3.8) is 0 Å². The fourth-order valence-electron chi connectivity index (χ4n) is 1.51. The van der Waals surface area contributed by atoms with Crippen LogP contribution in [0.3, 0.4) is 0 Å². The number of hydrogen-bond donors (Lipinski definition) is 0. The Labute approximate surface area is 98.2 Å². The van der Waals surface area contributed by atoms with Gasteiger partial charge < -0.3 is 3.11 Å². The maximum absolute atomic E-state index is 2.34. The standard InChI is InChI=1S/C12H12IN/c1-2-14(13)12-8-7-10-5-3-4-6-11(10)9-12/h3-9H,2H2,1H3. The normalized spacial score (nSPS) is 10.4. The van der Waals surface area contributed by atoms with E-state index in [0.29, 0.717) is 0 Å². The van der Waals surface area contributed by atoms with Gasteiger partial charge in [-0.2, -0.15) is 0 Å². The van der Waals surface area contributed by atoms with Crippen molar-refractivity contribution in [3.8, 4) is 0 Å². The number of halogens is 1. The second-order valence-electron chi connectivity index (χ2n) is 3.21. The lowest BCUT2D eigenvalue weighted by molar-refractivity contribution is 1.14. The molecule has 0 atom stereocenters. The van der Waals surface area contributed by atoms with Crippen LogP contribution in [0.1, 0.15) is 6.92 Å². The van der Waals surface area contributed by atoms with Gasteiger partial charge in [-0.15, -0.1) is 0 Å². The van der Waals surface area contributed by atoms with Crippen molar-refractivity contribution < 1.29 is 0 Å². The molecule has 1 nitrogen and oxygen atoms in total. The number of anilines is 1. The minimum atomic E-state index is 1.03. The van der Waals surface area contributed by atoms with Crippen LogP contribution in [0.25, 0.3) is 10.8 Å². The topological polar surface area (TPSA) is 3.24 Å². The van der Waals surface area contributed by atoms with Crippen LogP contribution in [-0.2, 0) is 0 Å². The Bertz CT molecular complexity index is 439. The Kier molecular flexibility index (Phi) is 2.91. The van der Waals surface area contributed by atoms with E-state index in [4.69, 9.17) is 0 Å². The van der Waals surface area contributed by atoms with E-state index in [1.54, 1.807) is 0 Å². The summed E-state index contributed by atoms with van der Waals surface area (Å²) in [5.74, 6) is 0. The Hall–Kier alpha value is -0.770. The fourth-order valence-corrected chi connectivity index (χ4v) is 1.81. The molecule has 0 saturated heterocycles. The average molecular weight is 297 g/mol. The van der Waals surface area contributed by atoms with E-state index < -0.39 is 0 Å². The molecule has 0 aliphatic carbocycles. The molecule has 14 heavy (non-hydrogen) atoms. The molecular weight excluding hydrogens is 285 g/mol. The van der Waals surface area contributed by atoms with Crippen LogP contribution in [0.15, 0.2) is 42.5 Å². The van der Waals surface area contributed by atoms with Gasteiger partial charge >= 0.3 is 0 Å². The predicted octanol–water partition coefficient (Wildman–Crippen LogP) is 4.02. The highest BCUT2D eigenvalue weighted by Gasteiger charge is 2.00. The zero-order valence-corrected chi connectivity index (χ0v) is 10.2. The van der Waals surface area contributed by atoms with Gasteiger partial charge in [0.15, 0.2) is 0 Å². The van der Waals surface area contributed by atoms with E-state index in [1.807, 2.05) is 0 Å². The van der Waals surface area contributed by atoms with Crippen molar-refractivity contribution in [1.29, 1.82) is 0 Å². The summed E-state index contributed by atoms with van der Waals surface area (Å²) in [6.45, 7) is 3.18. The predicted molar refractivity (Wildman–Crippen MR) is 71.0 cm³/mol. The highest BCUT2D eigenvalue weighted by Crippen LogP contribution is 2.23. The molecule has 0 spiro atoms. The monoisotopic (exact) mass is 297 g/mol. The first kappa shape index (κ1) is 9.77. The van der Waals surface area contributed by atoms with E-state index in [0.717, 1.165) is 6.54 Å². The number of hydrogen-bond acceptors (Lipinski definition) is 1. The minimum Gasteiger partial charge on any atom is -0.315 e. The van der Waals surface area contributed by atoms with Crippen molar-refractivity contribution in [1.82, 2.24) is 0 Å². The Morgan fingerprint density at radius 3 is 2.50 bits per heavy atom. The molecule has 0 amide bonds. The number of benzene rings is 2. The second-order valence-corrected chi connectivity index (χ2v) is 4.37. The molecule has 0 saturated carbocycles. The van der Waals surface area contributed by atoms with E-state index in [1.165, 1.54) is 16.5 Å². The SMILES string of the molecule is CCN(I)c1ccc2ccccc2c1. The Balaban J connectivity index is 2.51. The first-order valence-electron chi connectivity index (χ1n) is 4.73. The van der Waals surface area contributed by atoms with Crippen molar-refractivity contribution >= 4 is 39.3 Å². The van der Waals surface area contributed by atoms with Crippen LogP contribution < -0.4 is 3.11 Å². The van der Waals surface area contributed by atoms with Crippen LogP contribution in [0, 0.1) is 0 Å². The summed E-state index contributed by atoms with van der Waals surface area (Å²) in [6, 6.07) is 15.0. The lowest BCUT2D eigenvalue weighted by atomic mass is 10.1. The lowest BCUT2D eigenvalue weighted by Crippen LogP contribution is -2.06. The molecule has 72 valence electrons. The molecule has 0 aromatic heterocycles. The minimum absolute atomic E-state index is 1.03. The lowest BCUT2D eigenvalue weighted by Gasteiger charge is -2.14. The van der Waals surface area contributed by atoms with Crippen LogP contribution in [-0.4, -0.2) is 6.54 Å².